The van der Waals surface area contributed by atoms with Crippen molar-refractivity contribution in [1.29, 1.82) is 0 Å². The van der Waals surface area contributed by atoms with Gasteiger partial charge in [-0.05, 0) is 63.8 Å². The number of amides is 1. The monoisotopic (exact) mass is 388 g/mol. The maximum Gasteiger partial charge on any atom is 0.417 e. The van der Waals surface area contributed by atoms with Crippen molar-refractivity contribution in [1.82, 2.24) is 10.2 Å². The number of carbonyl (C=O) groups is 2. The number of ether oxygens (including phenoxy) is 2. The highest BCUT2D eigenvalue weighted by molar-refractivity contribution is 5.88. The molecular weight excluding hydrogens is 360 g/mol. The highest BCUT2D eigenvalue weighted by atomic mass is 16.6. The minimum absolute atomic E-state index is 0.136. The molecule has 1 aliphatic rings. The molecule has 2 N–H and O–H groups in total. The fraction of sp³-hybridized carbons (Fsp3) is 0.524. The van der Waals surface area contributed by atoms with Crippen molar-refractivity contribution < 1.29 is 24.2 Å². The molecule has 7 heteroatoms. The molecule has 2 rings (SSSR count). The van der Waals surface area contributed by atoms with Gasteiger partial charge in [0.2, 0.25) is 0 Å². The highest BCUT2D eigenvalue weighted by Crippen LogP contribution is 2.33. The first kappa shape index (κ1) is 21.7. The number of aliphatic hydroxyl groups is 1. The largest absolute Gasteiger partial charge is 0.450 e. The van der Waals surface area contributed by atoms with Gasteiger partial charge in [0.15, 0.2) is 0 Å². The third-order valence-electron chi connectivity index (χ3n) is 4.23. The molecule has 0 saturated heterocycles. The van der Waals surface area contributed by atoms with Crippen molar-refractivity contribution in [3.8, 4) is 17.6 Å². The third kappa shape index (κ3) is 6.25. The summed E-state index contributed by atoms with van der Waals surface area (Å²) < 4.78 is 10.5. The summed E-state index contributed by atoms with van der Waals surface area (Å²) in [6, 6.07) is 5.66. The zero-order valence-electron chi connectivity index (χ0n) is 16.9. The van der Waals surface area contributed by atoms with E-state index in [-0.39, 0.29) is 12.8 Å². The van der Waals surface area contributed by atoms with E-state index in [1.165, 1.54) is 4.90 Å². The summed E-state index contributed by atoms with van der Waals surface area (Å²) in [5.41, 5.74) is 1.69. The van der Waals surface area contributed by atoms with E-state index in [1.807, 2.05) is 12.1 Å². The first-order valence-corrected chi connectivity index (χ1v) is 9.39. The number of fused-ring (bicyclic) bond motifs is 1. The molecule has 0 bridgehead atoms. The predicted molar refractivity (Wildman–Crippen MR) is 105 cm³/mol. The van der Waals surface area contributed by atoms with Gasteiger partial charge in [-0.25, -0.2) is 9.59 Å². The van der Waals surface area contributed by atoms with Crippen LogP contribution < -0.4 is 10.1 Å². The fourth-order valence-electron chi connectivity index (χ4n) is 2.92. The van der Waals surface area contributed by atoms with Crippen LogP contribution in [0.4, 0.5) is 4.79 Å². The van der Waals surface area contributed by atoms with Gasteiger partial charge in [-0.1, -0.05) is 12.0 Å². The van der Waals surface area contributed by atoms with Crippen molar-refractivity contribution in [2.75, 3.05) is 19.8 Å². The summed E-state index contributed by atoms with van der Waals surface area (Å²) in [6.07, 6.45) is 1.18. The van der Waals surface area contributed by atoms with Crippen LogP contribution in [-0.2, 0) is 16.0 Å². The quantitative estimate of drug-likeness (QED) is 0.349. The fourth-order valence-corrected chi connectivity index (χ4v) is 2.92. The Morgan fingerprint density at radius 1 is 1.36 bits per heavy atom. The second-order valence-corrected chi connectivity index (χ2v) is 7.50. The number of rotatable bonds is 5. The van der Waals surface area contributed by atoms with E-state index in [0.29, 0.717) is 18.8 Å². The van der Waals surface area contributed by atoms with E-state index in [4.69, 9.17) is 14.6 Å². The Morgan fingerprint density at radius 3 is 2.75 bits per heavy atom. The molecule has 1 aromatic carbocycles. The van der Waals surface area contributed by atoms with Crippen LogP contribution in [0.25, 0.3) is 0 Å². The summed E-state index contributed by atoms with van der Waals surface area (Å²) in [5, 5.41) is 12.5. The molecule has 1 aromatic rings. The Balaban J connectivity index is 1.91. The van der Waals surface area contributed by atoms with Gasteiger partial charge in [-0.2, -0.15) is 0 Å². The molecule has 0 spiro atoms. The van der Waals surface area contributed by atoms with Crippen LogP contribution in [0.15, 0.2) is 18.2 Å². The molecular formula is C21H28N2O5. The maximum atomic E-state index is 11.9. The lowest BCUT2D eigenvalue weighted by molar-refractivity contribution is -0.147. The molecule has 1 unspecified atom stereocenters. The Kier molecular flexibility index (Phi) is 7.44. The van der Waals surface area contributed by atoms with Gasteiger partial charge >= 0.3 is 12.1 Å². The van der Waals surface area contributed by atoms with E-state index in [0.717, 1.165) is 24.0 Å². The van der Waals surface area contributed by atoms with Gasteiger partial charge in [0.25, 0.3) is 0 Å². The van der Waals surface area contributed by atoms with E-state index < -0.39 is 17.7 Å². The molecule has 0 aromatic heterocycles. The molecule has 0 radical (unpaired) electrons. The van der Waals surface area contributed by atoms with Gasteiger partial charge in [0.1, 0.15) is 18.1 Å². The number of hydrogen-bond acceptors (Lipinski definition) is 6. The first-order valence-electron chi connectivity index (χ1n) is 9.39. The lowest BCUT2D eigenvalue weighted by atomic mass is 10.1. The molecule has 0 aliphatic heterocycles. The molecule has 1 aliphatic carbocycles. The lowest BCUT2D eigenvalue weighted by Gasteiger charge is -2.17. The smallest absolute Gasteiger partial charge is 0.417 e. The van der Waals surface area contributed by atoms with Crippen LogP contribution in [0, 0.1) is 11.8 Å². The summed E-state index contributed by atoms with van der Waals surface area (Å²) in [7, 11) is 0. The van der Waals surface area contributed by atoms with Crippen LogP contribution in [0.2, 0.25) is 0 Å². The van der Waals surface area contributed by atoms with E-state index in [1.54, 1.807) is 33.8 Å². The minimum atomic E-state index is -0.574. The zero-order chi connectivity index (χ0) is 20.7. The topological polar surface area (TPSA) is 88.1 Å². The number of nitrogens with one attached hydrogen (secondary N) is 1. The summed E-state index contributed by atoms with van der Waals surface area (Å²) in [5.74, 6) is 5.21. The lowest BCUT2D eigenvalue weighted by Crippen LogP contribution is -2.34. The van der Waals surface area contributed by atoms with Crippen molar-refractivity contribution in [3.63, 3.8) is 0 Å². The predicted octanol–water partition coefficient (Wildman–Crippen LogP) is 2.38. The number of nitrogens with zero attached hydrogens (tertiary/aromatic N) is 1. The van der Waals surface area contributed by atoms with Crippen LogP contribution in [0.5, 0.6) is 5.75 Å². The SMILES string of the molecule is CCN(CO)C(=O)Oc1ccc2c(c1)CCC2NCC#CC(=O)OC(C)(C)C. The Morgan fingerprint density at radius 2 is 2.11 bits per heavy atom. The van der Waals surface area contributed by atoms with Crippen molar-refractivity contribution in [2.45, 2.75) is 52.2 Å². The Bertz CT molecular complexity index is 769. The number of aliphatic hydroxyl groups excluding tert-OH is 1. The molecule has 152 valence electrons. The molecule has 0 fully saturated rings. The van der Waals surface area contributed by atoms with E-state index in [2.05, 4.69) is 17.2 Å². The molecule has 0 heterocycles. The standard InChI is InChI=1S/C21H28N2O5/c1-5-23(14-24)20(26)27-16-9-10-17-15(13-16)8-11-18(17)22-12-6-7-19(25)28-21(2,3)4/h9-10,13,18,22,24H,5,8,11-12,14H2,1-4H3. The highest BCUT2D eigenvalue weighted by Gasteiger charge is 2.23. The second kappa shape index (κ2) is 9.58. The van der Waals surface area contributed by atoms with Crippen LogP contribution in [0.3, 0.4) is 0 Å². The van der Waals surface area contributed by atoms with Crippen LogP contribution in [0.1, 0.15) is 51.3 Å². The van der Waals surface area contributed by atoms with Gasteiger partial charge in [-0.15, -0.1) is 0 Å². The molecule has 1 atom stereocenters. The van der Waals surface area contributed by atoms with Crippen molar-refractivity contribution in [3.05, 3.63) is 29.3 Å². The minimum Gasteiger partial charge on any atom is -0.450 e. The second-order valence-electron chi connectivity index (χ2n) is 7.50. The molecule has 28 heavy (non-hydrogen) atoms. The Hall–Kier alpha value is -2.56. The molecule has 0 saturated carbocycles. The first-order chi connectivity index (χ1) is 13.2. The molecule has 7 nitrogen and oxygen atoms in total. The average molecular weight is 388 g/mol. The van der Waals surface area contributed by atoms with Gasteiger partial charge in [0.05, 0.1) is 6.54 Å². The van der Waals surface area contributed by atoms with Crippen LogP contribution in [-0.4, -0.2) is 47.5 Å². The normalized spacial score (nSPS) is 15.2. The van der Waals surface area contributed by atoms with Crippen LogP contribution >= 0.6 is 0 Å². The molecule has 1 amide bonds. The summed E-state index contributed by atoms with van der Waals surface area (Å²) >= 11 is 0. The van der Waals surface area contributed by atoms with Crippen molar-refractivity contribution in [2.24, 2.45) is 0 Å². The average Bonchev–Trinajstić information content (AvgIpc) is 3.00. The number of hydrogen-bond donors (Lipinski definition) is 2. The zero-order valence-corrected chi connectivity index (χ0v) is 16.9. The maximum absolute atomic E-state index is 11.9. The van der Waals surface area contributed by atoms with Gasteiger partial charge < -0.3 is 14.6 Å². The van der Waals surface area contributed by atoms with E-state index >= 15 is 0 Å². The van der Waals surface area contributed by atoms with Gasteiger partial charge in [0, 0.05) is 18.5 Å². The Labute approximate surface area is 166 Å². The van der Waals surface area contributed by atoms with E-state index in [9.17, 15) is 9.59 Å². The number of aryl methyl sites for hydroxylation is 1. The summed E-state index contributed by atoms with van der Waals surface area (Å²) in [6.45, 7) is 7.54. The number of benzene rings is 1. The summed E-state index contributed by atoms with van der Waals surface area (Å²) in [4.78, 5) is 24.7. The number of carbonyl (C=O) groups excluding carboxylic acids is 2. The van der Waals surface area contributed by atoms with Crippen molar-refractivity contribution >= 4 is 12.1 Å². The third-order valence-corrected chi connectivity index (χ3v) is 4.23. The number of esters is 1. The van der Waals surface area contributed by atoms with Gasteiger partial charge in [-0.3, -0.25) is 10.2 Å².